The first-order valence-electron chi connectivity index (χ1n) is 8.22. The van der Waals surface area contributed by atoms with Crippen molar-refractivity contribution < 1.29 is 4.79 Å². The van der Waals surface area contributed by atoms with E-state index in [2.05, 4.69) is 5.32 Å². The van der Waals surface area contributed by atoms with E-state index in [-0.39, 0.29) is 11.3 Å². The molecule has 0 unspecified atom stereocenters. The molecular formula is C18H24N2O. The molecule has 3 heteroatoms. The molecule has 0 aromatic heterocycles. The second-order valence-corrected chi connectivity index (χ2v) is 7.67. The molecule has 4 bridgehead atoms. The number of anilines is 2. The van der Waals surface area contributed by atoms with Crippen molar-refractivity contribution in [2.24, 2.45) is 23.2 Å². The summed E-state index contributed by atoms with van der Waals surface area (Å²) in [5.74, 6) is 2.63. The van der Waals surface area contributed by atoms with Gasteiger partial charge in [0, 0.05) is 11.4 Å². The molecule has 3 N–H and O–H groups in total. The summed E-state index contributed by atoms with van der Waals surface area (Å²) in [5.41, 5.74) is 8.48. The van der Waals surface area contributed by atoms with Gasteiger partial charge in [0.05, 0.1) is 5.41 Å². The van der Waals surface area contributed by atoms with Gasteiger partial charge >= 0.3 is 0 Å². The van der Waals surface area contributed by atoms with Crippen LogP contribution >= 0.6 is 0 Å². The zero-order valence-electron chi connectivity index (χ0n) is 12.7. The van der Waals surface area contributed by atoms with Crippen molar-refractivity contribution in [2.45, 2.75) is 45.4 Å². The third-order valence-corrected chi connectivity index (χ3v) is 6.14. The van der Waals surface area contributed by atoms with E-state index in [1.54, 1.807) is 0 Å². The number of benzene rings is 1. The van der Waals surface area contributed by atoms with Gasteiger partial charge < -0.3 is 11.1 Å². The van der Waals surface area contributed by atoms with Crippen molar-refractivity contribution in [1.82, 2.24) is 0 Å². The molecule has 4 fully saturated rings. The van der Waals surface area contributed by atoms with Gasteiger partial charge in [-0.1, -0.05) is 6.07 Å². The normalized spacial score (nSPS) is 36.7. The molecule has 4 aliphatic rings. The van der Waals surface area contributed by atoms with E-state index in [4.69, 9.17) is 5.73 Å². The third-order valence-electron chi connectivity index (χ3n) is 6.14. The SMILES string of the molecule is Cc1c(N)cccc1NC(=O)C12CC3CC(CC(C3)C1)C2. The smallest absolute Gasteiger partial charge is 0.230 e. The second-order valence-electron chi connectivity index (χ2n) is 7.67. The lowest BCUT2D eigenvalue weighted by Crippen LogP contribution is -2.51. The highest BCUT2D eigenvalue weighted by Crippen LogP contribution is 2.60. The van der Waals surface area contributed by atoms with Crippen LogP contribution < -0.4 is 11.1 Å². The van der Waals surface area contributed by atoms with Gasteiger partial charge in [0.15, 0.2) is 0 Å². The number of amides is 1. The van der Waals surface area contributed by atoms with Gasteiger partial charge in [-0.3, -0.25) is 4.79 Å². The van der Waals surface area contributed by atoms with E-state index in [1.165, 1.54) is 19.3 Å². The Kier molecular flexibility index (Phi) is 2.82. The summed E-state index contributed by atoms with van der Waals surface area (Å²) in [4.78, 5) is 13.0. The lowest BCUT2D eigenvalue weighted by Gasteiger charge is -2.55. The number of rotatable bonds is 2. The molecular weight excluding hydrogens is 260 g/mol. The van der Waals surface area contributed by atoms with Gasteiger partial charge in [-0.15, -0.1) is 0 Å². The molecule has 0 heterocycles. The van der Waals surface area contributed by atoms with Gasteiger partial charge in [-0.25, -0.2) is 0 Å². The molecule has 0 saturated heterocycles. The van der Waals surface area contributed by atoms with Crippen LogP contribution in [0.25, 0.3) is 0 Å². The summed E-state index contributed by atoms with van der Waals surface area (Å²) in [7, 11) is 0. The summed E-state index contributed by atoms with van der Waals surface area (Å²) < 4.78 is 0. The maximum Gasteiger partial charge on any atom is 0.230 e. The molecule has 0 radical (unpaired) electrons. The van der Waals surface area contributed by atoms with Crippen molar-refractivity contribution >= 4 is 17.3 Å². The van der Waals surface area contributed by atoms with Gasteiger partial charge in [-0.05, 0) is 80.9 Å². The van der Waals surface area contributed by atoms with E-state index >= 15 is 0 Å². The summed E-state index contributed by atoms with van der Waals surface area (Å²) in [6.45, 7) is 1.98. The number of nitrogens with one attached hydrogen (secondary N) is 1. The number of hydrogen-bond donors (Lipinski definition) is 2. The Balaban J connectivity index is 1.59. The third kappa shape index (κ3) is 2.05. The Morgan fingerprint density at radius 2 is 1.71 bits per heavy atom. The van der Waals surface area contributed by atoms with Gasteiger partial charge in [-0.2, -0.15) is 0 Å². The fourth-order valence-corrected chi connectivity index (χ4v) is 5.43. The molecule has 1 aromatic rings. The molecule has 3 nitrogen and oxygen atoms in total. The van der Waals surface area contributed by atoms with Crippen LogP contribution in [0.4, 0.5) is 11.4 Å². The topological polar surface area (TPSA) is 55.1 Å². The minimum atomic E-state index is -0.0915. The highest BCUT2D eigenvalue weighted by molar-refractivity contribution is 5.96. The van der Waals surface area contributed by atoms with Crippen LogP contribution in [0, 0.1) is 30.1 Å². The molecule has 112 valence electrons. The Morgan fingerprint density at radius 1 is 1.14 bits per heavy atom. The molecule has 5 rings (SSSR count). The van der Waals surface area contributed by atoms with Gasteiger partial charge in [0.25, 0.3) is 0 Å². The Bertz CT molecular complexity index is 558. The average molecular weight is 284 g/mol. The monoisotopic (exact) mass is 284 g/mol. The van der Waals surface area contributed by atoms with Gasteiger partial charge in [0.2, 0.25) is 5.91 Å². The van der Waals surface area contributed by atoms with Crippen molar-refractivity contribution in [3.8, 4) is 0 Å². The minimum Gasteiger partial charge on any atom is -0.398 e. The first-order valence-corrected chi connectivity index (χ1v) is 8.22. The van der Waals surface area contributed by atoms with E-state index in [0.717, 1.165) is 54.0 Å². The lowest BCUT2D eigenvalue weighted by molar-refractivity contribution is -0.140. The minimum absolute atomic E-state index is 0.0915. The van der Waals surface area contributed by atoms with E-state index < -0.39 is 0 Å². The Morgan fingerprint density at radius 3 is 2.29 bits per heavy atom. The van der Waals surface area contributed by atoms with Crippen molar-refractivity contribution in [2.75, 3.05) is 11.1 Å². The zero-order valence-corrected chi connectivity index (χ0v) is 12.7. The fraction of sp³-hybridized carbons (Fsp3) is 0.611. The molecule has 0 aliphatic heterocycles. The van der Waals surface area contributed by atoms with Crippen molar-refractivity contribution in [3.63, 3.8) is 0 Å². The molecule has 1 aromatic carbocycles. The maximum absolute atomic E-state index is 13.0. The van der Waals surface area contributed by atoms with E-state index in [1.807, 2.05) is 25.1 Å². The molecule has 0 spiro atoms. The van der Waals surface area contributed by atoms with Crippen molar-refractivity contribution in [1.29, 1.82) is 0 Å². The predicted molar refractivity (Wildman–Crippen MR) is 84.8 cm³/mol. The molecule has 4 saturated carbocycles. The van der Waals surface area contributed by atoms with E-state index in [9.17, 15) is 4.79 Å². The average Bonchev–Trinajstić information content (AvgIpc) is 2.42. The second kappa shape index (κ2) is 4.49. The standard InChI is InChI=1S/C18H24N2O/c1-11-15(19)3-2-4-16(11)20-17(21)18-8-12-5-13(9-18)7-14(6-12)10-18/h2-4,12-14H,5-10,19H2,1H3,(H,20,21). The van der Waals surface area contributed by atoms with Crippen molar-refractivity contribution in [3.05, 3.63) is 23.8 Å². The van der Waals surface area contributed by atoms with Crippen LogP contribution in [0.5, 0.6) is 0 Å². The van der Waals surface area contributed by atoms with E-state index in [0.29, 0.717) is 0 Å². The molecule has 4 aliphatic carbocycles. The molecule has 0 atom stereocenters. The number of carbonyl (C=O) groups is 1. The van der Waals surface area contributed by atoms with Crippen LogP contribution in [-0.4, -0.2) is 5.91 Å². The lowest BCUT2D eigenvalue weighted by atomic mass is 9.49. The van der Waals surface area contributed by atoms with Gasteiger partial charge in [0.1, 0.15) is 0 Å². The first kappa shape index (κ1) is 13.2. The summed E-state index contributed by atoms with van der Waals surface area (Å²) >= 11 is 0. The largest absolute Gasteiger partial charge is 0.398 e. The predicted octanol–water partition coefficient (Wildman–Crippen LogP) is 3.73. The quantitative estimate of drug-likeness (QED) is 0.813. The highest BCUT2D eigenvalue weighted by atomic mass is 16.2. The highest BCUT2D eigenvalue weighted by Gasteiger charge is 2.54. The van der Waals surface area contributed by atoms with Crippen LogP contribution in [0.1, 0.15) is 44.1 Å². The van der Waals surface area contributed by atoms with Crippen LogP contribution in [0.2, 0.25) is 0 Å². The van der Waals surface area contributed by atoms with Crippen LogP contribution in [0.3, 0.4) is 0 Å². The molecule has 21 heavy (non-hydrogen) atoms. The van der Waals surface area contributed by atoms with Crippen LogP contribution in [0.15, 0.2) is 18.2 Å². The number of carbonyl (C=O) groups excluding carboxylic acids is 1. The summed E-state index contributed by atoms with van der Waals surface area (Å²) in [6, 6.07) is 5.76. The molecule has 1 amide bonds. The summed E-state index contributed by atoms with van der Waals surface area (Å²) in [6.07, 6.45) is 7.40. The first-order chi connectivity index (χ1) is 10.1. The zero-order chi connectivity index (χ0) is 14.6. The number of nitrogens with two attached hydrogens (primary N) is 1. The summed E-state index contributed by atoms with van der Waals surface area (Å²) in [5, 5.41) is 3.19. The Labute approximate surface area is 126 Å². The fourth-order valence-electron chi connectivity index (χ4n) is 5.43. The number of nitrogen functional groups attached to an aromatic ring is 1. The number of hydrogen-bond acceptors (Lipinski definition) is 2. The maximum atomic E-state index is 13.0. The van der Waals surface area contributed by atoms with Crippen LogP contribution in [-0.2, 0) is 4.79 Å². The Hall–Kier alpha value is -1.51.